The highest BCUT2D eigenvalue weighted by Crippen LogP contribution is 2.24. The van der Waals surface area contributed by atoms with Gasteiger partial charge in [-0.05, 0) is 24.0 Å². The third-order valence-electron chi connectivity index (χ3n) is 4.68. The molecular weight excluding hydrogens is 354 g/mol. The predicted octanol–water partition coefficient (Wildman–Crippen LogP) is 3.64. The summed E-state index contributed by atoms with van der Waals surface area (Å²) in [6.45, 7) is 5.91. The van der Waals surface area contributed by atoms with Crippen molar-refractivity contribution in [3.63, 3.8) is 0 Å². The fourth-order valence-electron chi connectivity index (χ4n) is 2.76. The summed E-state index contributed by atoms with van der Waals surface area (Å²) in [5, 5.41) is 10.5. The van der Waals surface area contributed by atoms with Gasteiger partial charge in [-0.25, -0.2) is 4.79 Å². The van der Waals surface area contributed by atoms with E-state index in [4.69, 9.17) is 10.5 Å². The first kappa shape index (κ1) is 23.4. The number of benzene rings is 1. The monoisotopic (exact) mass is 385 g/mol. The number of ether oxygens (including phenoxy) is 1. The Bertz CT molecular complexity index is 694. The molecule has 1 aromatic rings. The van der Waals surface area contributed by atoms with Crippen molar-refractivity contribution in [3.05, 3.63) is 66.3 Å². The number of amides is 1. The number of carbonyl (C=O) groups is 2. The van der Waals surface area contributed by atoms with Gasteiger partial charge >= 0.3 is 5.97 Å². The van der Waals surface area contributed by atoms with Crippen LogP contribution in [0.3, 0.4) is 0 Å². The van der Waals surface area contributed by atoms with E-state index in [9.17, 15) is 14.7 Å². The molecule has 0 aliphatic carbocycles. The van der Waals surface area contributed by atoms with Crippen molar-refractivity contribution in [2.24, 2.45) is 17.6 Å². The molecule has 0 heterocycles. The molecule has 28 heavy (non-hydrogen) atoms. The lowest BCUT2D eigenvalue weighted by atomic mass is 9.86. The van der Waals surface area contributed by atoms with Crippen LogP contribution in [0.4, 0.5) is 0 Å². The molecule has 152 valence electrons. The fourth-order valence-corrected chi connectivity index (χ4v) is 2.76. The molecule has 0 fully saturated rings. The second kappa shape index (κ2) is 12.7. The Morgan fingerprint density at radius 2 is 1.82 bits per heavy atom. The molecule has 0 bridgehead atoms. The standard InChI is InChI=1S/C23H31NO4/c1-4-17(2)23(18(3)20(25)13-9-6-10-14-21(24)26)28-22(27)16-15-19-11-7-5-8-12-19/h5-12,14-18,20,23,25H,4,13H2,1-3H3,(H2,24,26)/b9-6+,14-10-,16-15+/t17?,18-,20?,23?/m1/s1. The number of aliphatic hydroxyl groups excluding tert-OH is 1. The molecule has 1 aromatic carbocycles. The largest absolute Gasteiger partial charge is 0.459 e. The highest BCUT2D eigenvalue weighted by Gasteiger charge is 2.30. The van der Waals surface area contributed by atoms with E-state index in [1.165, 1.54) is 18.2 Å². The molecule has 1 rings (SSSR count). The number of aliphatic hydroxyl groups is 1. The number of carbonyl (C=O) groups excluding carboxylic acids is 2. The van der Waals surface area contributed by atoms with E-state index in [1.807, 2.05) is 51.1 Å². The fraction of sp³-hybridized carbons (Fsp3) is 0.391. The molecular formula is C23H31NO4. The van der Waals surface area contributed by atoms with E-state index in [-0.39, 0.29) is 11.8 Å². The van der Waals surface area contributed by atoms with E-state index in [0.717, 1.165) is 12.0 Å². The van der Waals surface area contributed by atoms with Gasteiger partial charge in [0.2, 0.25) is 5.91 Å². The third-order valence-corrected chi connectivity index (χ3v) is 4.68. The van der Waals surface area contributed by atoms with E-state index in [2.05, 4.69) is 0 Å². The van der Waals surface area contributed by atoms with Crippen LogP contribution in [0.5, 0.6) is 0 Å². The number of nitrogens with two attached hydrogens (primary N) is 1. The molecule has 0 aromatic heterocycles. The van der Waals surface area contributed by atoms with E-state index >= 15 is 0 Å². The van der Waals surface area contributed by atoms with Crippen LogP contribution < -0.4 is 5.73 Å². The molecule has 0 saturated carbocycles. The van der Waals surface area contributed by atoms with Crippen molar-refractivity contribution in [1.82, 2.24) is 0 Å². The molecule has 0 saturated heterocycles. The summed E-state index contributed by atoms with van der Waals surface area (Å²) in [5.41, 5.74) is 5.93. The first-order chi connectivity index (χ1) is 13.3. The van der Waals surface area contributed by atoms with Crippen molar-refractivity contribution >= 4 is 18.0 Å². The van der Waals surface area contributed by atoms with Gasteiger partial charge in [0, 0.05) is 18.1 Å². The Morgan fingerprint density at radius 3 is 2.43 bits per heavy atom. The first-order valence-electron chi connectivity index (χ1n) is 9.59. The van der Waals surface area contributed by atoms with Crippen molar-refractivity contribution in [2.45, 2.75) is 45.8 Å². The minimum absolute atomic E-state index is 0.109. The van der Waals surface area contributed by atoms with Crippen molar-refractivity contribution in [3.8, 4) is 0 Å². The minimum atomic E-state index is -0.678. The summed E-state index contributed by atoms with van der Waals surface area (Å²) in [6.07, 6.45) is 9.45. The van der Waals surface area contributed by atoms with Crippen LogP contribution in [0.1, 0.15) is 39.2 Å². The second-order valence-electron chi connectivity index (χ2n) is 6.88. The van der Waals surface area contributed by atoms with Crippen LogP contribution in [-0.4, -0.2) is 29.2 Å². The van der Waals surface area contributed by atoms with Crippen LogP contribution >= 0.6 is 0 Å². The Morgan fingerprint density at radius 1 is 1.14 bits per heavy atom. The molecule has 0 aliphatic heterocycles. The Kier molecular flexibility index (Phi) is 10.6. The number of allylic oxidation sites excluding steroid dienone is 2. The summed E-state index contributed by atoms with van der Waals surface area (Å²) >= 11 is 0. The smallest absolute Gasteiger partial charge is 0.331 e. The summed E-state index contributed by atoms with van der Waals surface area (Å²) in [6, 6.07) is 9.52. The zero-order valence-corrected chi connectivity index (χ0v) is 16.8. The summed E-state index contributed by atoms with van der Waals surface area (Å²) in [5.74, 6) is -1.08. The van der Waals surface area contributed by atoms with E-state index < -0.39 is 24.1 Å². The number of esters is 1. The summed E-state index contributed by atoms with van der Waals surface area (Å²) in [4.78, 5) is 22.9. The molecule has 0 aliphatic rings. The van der Waals surface area contributed by atoms with Gasteiger partial charge in [0.25, 0.3) is 0 Å². The maximum absolute atomic E-state index is 12.3. The van der Waals surface area contributed by atoms with Gasteiger partial charge < -0.3 is 15.6 Å². The molecule has 3 N–H and O–H groups in total. The number of primary amides is 1. The molecule has 0 radical (unpaired) electrons. The Balaban J connectivity index is 2.71. The summed E-state index contributed by atoms with van der Waals surface area (Å²) in [7, 11) is 0. The van der Waals surface area contributed by atoms with Gasteiger partial charge in [-0.3, -0.25) is 4.79 Å². The number of hydrogen-bond acceptors (Lipinski definition) is 4. The van der Waals surface area contributed by atoms with Gasteiger partial charge in [0.05, 0.1) is 6.10 Å². The van der Waals surface area contributed by atoms with Crippen LogP contribution in [0.15, 0.2) is 60.7 Å². The van der Waals surface area contributed by atoms with Crippen molar-refractivity contribution < 1.29 is 19.4 Å². The average molecular weight is 386 g/mol. The average Bonchev–Trinajstić information content (AvgIpc) is 2.69. The lowest BCUT2D eigenvalue weighted by molar-refractivity contribution is -0.151. The zero-order chi connectivity index (χ0) is 20.9. The van der Waals surface area contributed by atoms with Crippen LogP contribution in [0.2, 0.25) is 0 Å². The first-order valence-corrected chi connectivity index (χ1v) is 9.59. The van der Waals surface area contributed by atoms with Gasteiger partial charge in [-0.15, -0.1) is 0 Å². The van der Waals surface area contributed by atoms with Crippen molar-refractivity contribution in [1.29, 1.82) is 0 Å². The normalized spacial score (nSPS) is 16.3. The van der Waals surface area contributed by atoms with E-state index in [0.29, 0.717) is 6.42 Å². The van der Waals surface area contributed by atoms with Crippen molar-refractivity contribution in [2.75, 3.05) is 0 Å². The lowest BCUT2D eigenvalue weighted by Gasteiger charge is -2.31. The maximum atomic E-state index is 12.3. The Labute approximate surface area is 167 Å². The van der Waals surface area contributed by atoms with Crippen LogP contribution in [-0.2, 0) is 14.3 Å². The molecule has 4 atom stereocenters. The van der Waals surface area contributed by atoms with E-state index in [1.54, 1.807) is 18.2 Å². The number of rotatable bonds is 11. The topological polar surface area (TPSA) is 89.6 Å². The van der Waals surface area contributed by atoms with Gasteiger partial charge in [0.1, 0.15) is 6.10 Å². The van der Waals surface area contributed by atoms with Gasteiger partial charge in [0.15, 0.2) is 0 Å². The SMILES string of the molecule is CCC(C)C(OC(=O)/C=C/c1ccccc1)[C@H](C)C(O)C/C=C/C=C\C(N)=O. The van der Waals surface area contributed by atoms with Crippen LogP contribution in [0, 0.1) is 11.8 Å². The van der Waals surface area contributed by atoms with Gasteiger partial charge in [-0.2, -0.15) is 0 Å². The number of hydrogen-bond donors (Lipinski definition) is 2. The highest BCUT2D eigenvalue weighted by atomic mass is 16.5. The second-order valence-corrected chi connectivity index (χ2v) is 6.88. The maximum Gasteiger partial charge on any atom is 0.331 e. The molecule has 5 nitrogen and oxygen atoms in total. The third kappa shape index (κ3) is 8.82. The predicted molar refractivity (Wildman–Crippen MR) is 112 cm³/mol. The molecule has 3 unspecified atom stereocenters. The van der Waals surface area contributed by atoms with Gasteiger partial charge in [-0.1, -0.05) is 75.8 Å². The highest BCUT2D eigenvalue weighted by molar-refractivity contribution is 5.87. The summed E-state index contributed by atoms with van der Waals surface area (Å²) < 4.78 is 5.68. The molecule has 5 heteroatoms. The molecule has 0 spiro atoms. The quantitative estimate of drug-likeness (QED) is 0.346. The zero-order valence-electron chi connectivity index (χ0n) is 16.8. The lowest BCUT2D eigenvalue weighted by Crippen LogP contribution is -2.37. The minimum Gasteiger partial charge on any atom is -0.459 e. The Hall–Kier alpha value is -2.66. The van der Waals surface area contributed by atoms with Crippen LogP contribution in [0.25, 0.3) is 6.08 Å². The molecule has 1 amide bonds.